The Kier molecular flexibility index (Phi) is 7.95. The summed E-state index contributed by atoms with van der Waals surface area (Å²) in [5.41, 5.74) is 1.26. The first kappa shape index (κ1) is 23.6. The average molecular weight is 433 g/mol. The van der Waals surface area contributed by atoms with E-state index in [1.165, 1.54) is 5.57 Å². The minimum atomic E-state index is -0.400. The fourth-order valence-electron chi connectivity index (χ4n) is 5.24. The lowest BCUT2D eigenvalue weighted by molar-refractivity contribution is -0.166. The Balaban J connectivity index is 1.72. The van der Waals surface area contributed by atoms with Gasteiger partial charge in [-0.1, -0.05) is 45.9 Å². The molecule has 6 nitrogen and oxygen atoms in total. The average Bonchev–Trinajstić information content (AvgIpc) is 2.72. The minimum Gasteiger partial charge on any atom is -0.464 e. The molecule has 1 heterocycles. The van der Waals surface area contributed by atoms with Crippen LogP contribution in [-0.4, -0.2) is 36.7 Å². The molecule has 1 fully saturated rings. The third-order valence-electron chi connectivity index (χ3n) is 7.17. The zero-order valence-corrected chi connectivity index (χ0v) is 19.1. The van der Waals surface area contributed by atoms with E-state index in [9.17, 15) is 14.4 Å². The van der Waals surface area contributed by atoms with Crippen molar-refractivity contribution in [2.45, 2.75) is 84.5 Å². The molecule has 6 heteroatoms. The van der Waals surface area contributed by atoms with Crippen molar-refractivity contribution < 1.29 is 28.6 Å². The topological polar surface area (TPSA) is 78.9 Å². The fraction of sp³-hybridized carbons (Fsp3) is 0.720. The third-order valence-corrected chi connectivity index (χ3v) is 7.17. The second-order valence-electron chi connectivity index (χ2n) is 9.56. The summed E-state index contributed by atoms with van der Waals surface area (Å²) in [4.78, 5) is 35.2. The molecule has 0 spiro atoms. The molecule has 0 aromatic carbocycles. The highest BCUT2D eigenvalue weighted by Gasteiger charge is 2.42. The first-order valence-electron chi connectivity index (χ1n) is 11.7. The van der Waals surface area contributed by atoms with Crippen molar-refractivity contribution in [1.29, 1.82) is 0 Å². The maximum Gasteiger partial charge on any atom is 0.309 e. The van der Waals surface area contributed by atoms with Gasteiger partial charge in [0.05, 0.1) is 12.3 Å². The molecule has 8 atom stereocenters. The molecule has 2 aliphatic carbocycles. The molecule has 3 aliphatic rings. The van der Waals surface area contributed by atoms with Crippen LogP contribution in [0.15, 0.2) is 23.8 Å². The number of carbonyl (C=O) groups is 3. The highest BCUT2D eigenvalue weighted by Crippen LogP contribution is 2.45. The smallest absolute Gasteiger partial charge is 0.309 e. The Morgan fingerprint density at radius 3 is 2.77 bits per heavy atom. The number of esters is 2. The summed E-state index contributed by atoms with van der Waals surface area (Å²) in [5, 5.41) is 0. The van der Waals surface area contributed by atoms with Gasteiger partial charge in [0, 0.05) is 12.3 Å². The number of allylic oxidation sites excluding steroid dienone is 3. The van der Waals surface area contributed by atoms with E-state index in [1.807, 2.05) is 13.8 Å². The van der Waals surface area contributed by atoms with E-state index >= 15 is 0 Å². The van der Waals surface area contributed by atoms with Crippen LogP contribution in [-0.2, 0) is 28.6 Å². The molecule has 0 bridgehead atoms. The van der Waals surface area contributed by atoms with Gasteiger partial charge in [-0.25, -0.2) is 0 Å². The lowest BCUT2D eigenvalue weighted by Crippen LogP contribution is -2.42. The molecule has 3 rings (SSSR count). The van der Waals surface area contributed by atoms with Gasteiger partial charge in [0.1, 0.15) is 18.3 Å². The number of hydrogen-bond acceptors (Lipinski definition) is 6. The van der Waals surface area contributed by atoms with Crippen LogP contribution in [0.1, 0.15) is 66.2 Å². The molecule has 0 N–H and O–H groups in total. The molecule has 1 aliphatic heterocycles. The summed E-state index contributed by atoms with van der Waals surface area (Å²) in [6.45, 7) is 8.70. The highest BCUT2D eigenvalue weighted by atomic mass is 16.6. The summed E-state index contributed by atoms with van der Waals surface area (Å²) in [6.07, 6.45) is 9.79. The van der Waals surface area contributed by atoms with Crippen LogP contribution < -0.4 is 0 Å². The minimum absolute atomic E-state index is 0.101. The van der Waals surface area contributed by atoms with Gasteiger partial charge >= 0.3 is 11.9 Å². The largest absolute Gasteiger partial charge is 0.464 e. The van der Waals surface area contributed by atoms with Gasteiger partial charge in [-0.3, -0.25) is 14.4 Å². The van der Waals surface area contributed by atoms with Gasteiger partial charge in [-0.05, 0) is 49.0 Å². The van der Waals surface area contributed by atoms with Crippen LogP contribution in [0.4, 0.5) is 0 Å². The van der Waals surface area contributed by atoms with E-state index in [-0.39, 0.29) is 42.4 Å². The van der Waals surface area contributed by atoms with Gasteiger partial charge in [-0.2, -0.15) is 0 Å². The molecule has 0 aromatic heterocycles. The van der Waals surface area contributed by atoms with Crippen molar-refractivity contribution in [2.24, 2.45) is 29.6 Å². The Hall–Kier alpha value is -2.11. The van der Waals surface area contributed by atoms with E-state index in [0.29, 0.717) is 37.1 Å². The zero-order chi connectivity index (χ0) is 22.5. The van der Waals surface area contributed by atoms with E-state index in [0.717, 1.165) is 19.3 Å². The number of cyclic esters (lactones) is 1. The molecule has 0 aromatic rings. The number of ether oxygens (including phenoxy) is 3. The number of rotatable bonds is 8. The number of carbonyl (C=O) groups excluding carboxylic acids is 3. The van der Waals surface area contributed by atoms with Crippen LogP contribution in [0, 0.1) is 29.6 Å². The van der Waals surface area contributed by atoms with Crippen LogP contribution in [0.3, 0.4) is 0 Å². The lowest BCUT2D eigenvalue weighted by Gasteiger charge is -2.43. The Morgan fingerprint density at radius 1 is 1.29 bits per heavy atom. The van der Waals surface area contributed by atoms with Gasteiger partial charge in [0.2, 0.25) is 0 Å². The van der Waals surface area contributed by atoms with Gasteiger partial charge in [-0.15, -0.1) is 0 Å². The monoisotopic (exact) mass is 432 g/mol. The van der Waals surface area contributed by atoms with Crippen molar-refractivity contribution >= 4 is 18.4 Å². The van der Waals surface area contributed by atoms with Gasteiger partial charge in [0.15, 0.2) is 0 Å². The van der Waals surface area contributed by atoms with E-state index in [1.54, 1.807) is 0 Å². The van der Waals surface area contributed by atoms with E-state index < -0.39 is 6.10 Å². The SMILES string of the molecule is CC[C@H](C)C(=O)O[C@H]1C[C@@H](C)C=C2C=C[C@H](C)[C@H](CC[C@@H]3C[C@@H](OC=O)CC(=O)O3)C21. The maximum absolute atomic E-state index is 12.6. The van der Waals surface area contributed by atoms with Gasteiger partial charge in [0.25, 0.3) is 6.47 Å². The van der Waals surface area contributed by atoms with Crippen molar-refractivity contribution in [3.05, 3.63) is 23.8 Å². The van der Waals surface area contributed by atoms with Crippen LogP contribution >= 0.6 is 0 Å². The van der Waals surface area contributed by atoms with Crippen LogP contribution in [0.25, 0.3) is 0 Å². The second-order valence-corrected chi connectivity index (χ2v) is 9.56. The second kappa shape index (κ2) is 10.5. The normalized spacial score (nSPS) is 35.9. The predicted molar refractivity (Wildman–Crippen MR) is 116 cm³/mol. The Labute approximate surface area is 185 Å². The molecule has 1 unspecified atom stereocenters. The standard InChI is InChI=1S/C25H36O6/c1-5-16(3)25(28)31-22-11-15(2)10-18-7-6-17(4)21(24(18)22)9-8-19-12-20(29-14-26)13-23(27)30-19/h6-7,10,14-17,19-22,24H,5,8-9,11-13H2,1-4H3/t15-,16-,17-,19+,20+,21-,22-,24?/m0/s1. The molecule has 1 saturated heterocycles. The lowest BCUT2D eigenvalue weighted by atomic mass is 9.65. The zero-order valence-electron chi connectivity index (χ0n) is 19.1. The summed E-state index contributed by atoms with van der Waals surface area (Å²) in [6, 6.07) is 0. The van der Waals surface area contributed by atoms with Crippen LogP contribution in [0.5, 0.6) is 0 Å². The third kappa shape index (κ3) is 5.78. The molecule has 0 radical (unpaired) electrons. The molecule has 31 heavy (non-hydrogen) atoms. The maximum atomic E-state index is 12.6. The molecular weight excluding hydrogens is 396 g/mol. The molecule has 0 amide bonds. The first-order valence-corrected chi connectivity index (χ1v) is 11.7. The van der Waals surface area contributed by atoms with Crippen molar-refractivity contribution in [1.82, 2.24) is 0 Å². The van der Waals surface area contributed by atoms with E-state index in [4.69, 9.17) is 14.2 Å². The quantitative estimate of drug-likeness (QED) is 0.322. The Bertz CT molecular complexity index is 726. The number of hydrogen-bond donors (Lipinski definition) is 0. The Morgan fingerprint density at radius 2 is 2.06 bits per heavy atom. The molecular formula is C25H36O6. The van der Waals surface area contributed by atoms with E-state index in [2.05, 4.69) is 32.1 Å². The summed E-state index contributed by atoms with van der Waals surface area (Å²) < 4.78 is 16.6. The molecule has 0 saturated carbocycles. The highest BCUT2D eigenvalue weighted by molar-refractivity contribution is 5.72. The molecule has 172 valence electrons. The van der Waals surface area contributed by atoms with Crippen molar-refractivity contribution in [3.8, 4) is 0 Å². The van der Waals surface area contributed by atoms with Crippen LogP contribution in [0.2, 0.25) is 0 Å². The predicted octanol–water partition coefficient (Wildman–Crippen LogP) is 4.38. The van der Waals surface area contributed by atoms with Crippen molar-refractivity contribution in [3.63, 3.8) is 0 Å². The summed E-state index contributed by atoms with van der Waals surface area (Å²) in [7, 11) is 0. The number of fused-ring (bicyclic) bond motifs is 1. The fourth-order valence-corrected chi connectivity index (χ4v) is 5.24. The summed E-state index contributed by atoms with van der Waals surface area (Å²) >= 11 is 0. The summed E-state index contributed by atoms with van der Waals surface area (Å²) in [5.74, 6) is 0.622. The first-order chi connectivity index (χ1) is 14.8. The van der Waals surface area contributed by atoms with Gasteiger partial charge < -0.3 is 14.2 Å². The van der Waals surface area contributed by atoms with Crippen molar-refractivity contribution in [2.75, 3.05) is 0 Å².